The largest absolute Gasteiger partial charge is 0.481 e. The maximum Gasteiger partial charge on any atom is 0.308 e. The summed E-state index contributed by atoms with van der Waals surface area (Å²) in [5.74, 6) is -2.57. The molecule has 1 fully saturated rings. The summed E-state index contributed by atoms with van der Waals surface area (Å²) in [5, 5.41) is 8.96. The molecule has 3 rings (SSSR count). The first kappa shape index (κ1) is 16.0. The monoisotopic (exact) mass is 350 g/mol. The Hall–Kier alpha value is -1.85. The van der Waals surface area contributed by atoms with Crippen LogP contribution in [-0.4, -0.2) is 24.7 Å². The van der Waals surface area contributed by atoms with Gasteiger partial charge in [0.1, 0.15) is 0 Å². The fraction of sp³-hybridized carbons (Fsp3) is 0.235. The molecule has 3 atom stereocenters. The van der Waals surface area contributed by atoms with Crippen molar-refractivity contribution < 1.29 is 18.3 Å². The molecule has 0 unspecified atom stereocenters. The van der Waals surface area contributed by atoms with Gasteiger partial charge in [-0.05, 0) is 36.8 Å². The van der Waals surface area contributed by atoms with Crippen LogP contribution in [0.4, 0.5) is 0 Å². The molecule has 1 aliphatic carbocycles. The highest BCUT2D eigenvalue weighted by molar-refractivity contribution is 7.92. The third-order valence-electron chi connectivity index (χ3n) is 4.20. The van der Waals surface area contributed by atoms with Crippen LogP contribution in [0, 0.1) is 12.8 Å². The minimum Gasteiger partial charge on any atom is -0.481 e. The highest BCUT2D eigenvalue weighted by atomic mass is 35.5. The van der Waals surface area contributed by atoms with Crippen LogP contribution in [0.5, 0.6) is 0 Å². The number of rotatable bonds is 4. The van der Waals surface area contributed by atoms with E-state index in [1.54, 1.807) is 36.4 Å². The fourth-order valence-electron chi connectivity index (χ4n) is 2.93. The maximum absolute atomic E-state index is 12.8. The lowest BCUT2D eigenvalue weighted by molar-refractivity contribution is -0.138. The molecule has 0 amide bonds. The molecule has 0 aliphatic heterocycles. The van der Waals surface area contributed by atoms with Crippen molar-refractivity contribution in [3.8, 4) is 0 Å². The SMILES string of the molecule is Cc1ccc(S(=O)(=O)[C@@H]2[C@@H](C(=O)O)[C@@H]2c2ccc(Cl)cc2)cc1. The number of aryl methyl sites for hydroxylation is 1. The zero-order chi connectivity index (χ0) is 16.8. The van der Waals surface area contributed by atoms with E-state index < -0.39 is 32.9 Å². The van der Waals surface area contributed by atoms with Gasteiger partial charge >= 0.3 is 5.97 Å². The van der Waals surface area contributed by atoms with E-state index >= 15 is 0 Å². The third kappa shape index (κ3) is 2.86. The Balaban J connectivity index is 1.98. The van der Waals surface area contributed by atoms with E-state index in [1.807, 2.05) is 6.92 Å². The van der Waals surface area contributed by atoms with Crippen molar-refractivity contribution in [2.45, 2.75) is 23.0 Å². The Morgan fingerprint density at radius 1 is 1.04 bits per heavy atom. The van der Waals surface area contributed by atoms with Gasteiger partial charge in [-0.15, -0.1) is 0 Å². The predicted octanol–water partition coefficient (Wildman–Crippen LogP) is 3.29. The standard InChI is InChI=1S/C17H15ClO4S/c1-10-2-8-13(9-3-10)23(21,22)16-14(15(16)17(19)20)11-4-6-12(18)7-5-11/h2-9,14-16H,1H3,(H,19,20)/t14-,15-,16-/m0/s1. The van der Waals surface area contributed by atoms with Crippen molar-refractivity contribution in [1.29, 1.82) is 0 Å². The molecule has 2 aromatic rings. The van der Waals surface area contributed by atoms with E-state index in [-0.39, 0.29) is 4.90 Å². The van der Waals surface area contributed by atoms with E-state index in [4.69, 9.17) is 11.6 Å². The van der Waals surface area contributed by atoms with Crippen LogP contribution >= 0.6 is 11.6 Å². The highest BCUT2D eigenvalue weighted by Gasteiger charge is 2.63. The minimum absolute atomic E-state index is 0.163. The first-order chi connectivity index (χ1) is 10.8. The summed E-state index contributed by atoms with van der Waals surface area (Å²) in [5.41, 5.74) is 1.63. The van der Waals surface area contributed by atoms with Gasteiger partial charge in [0, 0.05) is 10.9 Å². The molecule has 0 spiro atoms. The van der Waals surface area contributed by atoms with Crippen LogP contribution in [0.1, 0.15) is 17.0 Å². The number of halogens is 1. The number of aliphatic carboxylic acids is 1. The number of sulfone groups is 1. The van der Waals surface area contributed by atoms with Gasteiger partial charge in [-0.1, -0.05) is 41.4 Å². The second-order valence-electron chi connectivity index (χ2n) is 5.76. The number of carboxylic acids is 1. The van der Waals surface area contributed by atoms with E-state index in [9.17, 15) is 18.3 Å². The quantitative estimate of drug-likeness (QED) is 0.918. The van der Waals surface area contributed by atoms with Gasteiger partial charge in [0.05, 0.1) is 16.1 Å². The smallest absolute Gasteiger partial charge is 0.308 e. The van der Waals surface area contributed by atoms with E-state index in [0.717, 1.165) is 5.56 Å². The lowest BCUT2D eigenvalue weighted by atomic mass is 10.1. The minimum atomic E-state index is -3.70. The molecule has 1 N–H and O–H groups in total. The van der Waals surface area contributed by atoms with Crippen molar-refractivity contribution in [1.82, 2.24) is 0 Å². The molecular formula is C17H15ClO4S. The Morgan fingerprint density at radius 3 is 2.13 bits per heavy atom. The summed E-state index contributed by atoms with van der Waals surface area (Å²) in [6, 6.07) is 13.1. The molecule has 6 heteroatoms. The number of benzene rings is 2. The summed E-state index contributed by atoms with van der Waals surface area (Å²) in [4.78, 5) is 11.6. The number of carboxylic acid groups (broad SMARTS) is 1. The average molecular weight is 351 g/mol. The van der Waals surface area contributed by atoms with Gasteiger partial charge in [0.15, 0.2) is 9.84 Å². The van der Waals surface area contributed by atoms with Gasteiger partial charge in [-0.2, -0.15) is 0 Å². The first-order valence-corrected chi connectivity index (χ1v) is 9.03. The van der Waals surface area contributed by atoms with Crippen molar-refractivity contribution in [3.63, 3.8) is 0 Å². The van der Waals surface area contributed by atoms with Crippen LogP contribution in [0.3, 0.4) is 0 Å². The number of carbonyl (C=O) groups is 1. The van der Waals surface area contributed by atoms with Crippen LogP contribution in [0.2, 0.25) is 5.02 Å². The highest BCUT2D eigenvalue weighted by Crippen LogP contribution is 2.54. The summed E-state index contributed by atoms with van der Waals surface area (Å²) in [6.07, 6.45) is 0. The summed E-state index contributed by atoms with van der Waals surface area (Å²) >= 11 is 5.84. The van der Waals surface area contributed by atoms with Gasteiger partial charge in [0.2, 0.25) is 0 Å². The van der Waals surface area contributed by atoms with Crippen molar-refractivity contribution in [2.24, 2.45) is 5.92 Å². The van der Waals surface area contributed by atoms with Gasteiger partial charge in [-0.25, -0.2) is 8.42 Å². The normalized spacial score (nSPS) is 23.5. The maximum atomic E-state index is 12.8. The van der Waals surface area contributed by atoms with Crippen molar-refractivity contribution >= 4 is 27.4 Å². The Morgan fingerprint density at radius 2 is 1.61 bits per heavy atom. The molecule has 2 aromatic carbocycles. The van der Waals surface area contributed by atoms with Crippen LogP contribution in [0.15, 0.2) is 53.4 Å². The molecule has 0 heterocycles. The Kier molecular flexibility index (Phi) is 3.94. The molecule has 4 nitrogen and oxygen atoms in total. The summed E-state index contributed by atoms with van der Waals surface area (Å²) < 4.78 is 25.6. The summed E-state index contributed by atoms with van der Waals surface area (Å²) in [7, 11) is -3.70. The first-order valence-electron chi connectivity index (χ1n) is 7.11. The average Bonchev–Trinajstić information content (AvgIpc) is 3.25. The molecule has 23 heavy (non-hydrogen) atoms. The molecule has 0 bridgehead atoms. The Bertz CT molecular complexity index is 841. The molecule has 120 valence electrons. The summed E-state index contributed by atoms with van der Waals surface area (Å²) in [6.45, 7) is 1.87. The second-order valence-corrected chi connectivity index (χ2v) is 8.31. The fourth-order valence-corrected chi connectivity index (χ4v) is 5.18. The Labute approximate surface area is 139 Å². The van der Waals surface area contributed by atoms with Crippen LogP contribution in [0.25, 0.3) is 0 Å². The van der Waals surface area contributed by atoms with Crippen LogP contribution < -0.4 is 0 Å². The number of hydrogen-bond donors (Lipinski definition) is 1. The molecular weight excluding hydrogens is 336 g/mol. The number of hydrogen-bond acceptors (Lipinski definition) is 3. The lowest BCUT2D eigenvalue weighted by Gasteiger charge is -2.05. The molecule has 1 saturated carbocycles. The zero-order valence-electron chi connectivity index (χ0n) is 12.3. The van der Waals surface area contributed by atoms with Gasteiger partial charge < -0.3 is 5.11 Å². The molecule has 0 saturated heterocycles. The third-order valence-corrected chi connectivity index (χ3v) is 6.69. The molecule has 1 aliphatic rings. The van der Waals surface area contributed by atoms with Gasteiger partial charge in [0.25, 0.3) is 0 Å². The molecule has 0 aromatic heterocycles. The van der Waals surface area contributed by atoms with E-state index in [0.29, 0.717) is 10.6 Å². The predicted molar refractivity (Wildman–Crippen MR) is 87.5 cm³/mol. The topological polar surface area (TPSA) is 71.4 Å². The second kappa shape index (κ2) is 5.65. The van der Waals surface area contributed by atoms with Crippen molar-refractivity contribution in [3.05, 3.63) is 64.7 Å². The lowest BCUT2D eigenvalue weighted by Crippen LogP contribution is -2.13. The van der Waals surface area contributed by atoms with Crippen molar-refractivity contribution in [2.75, 3.05) is 0 Å². The zero-order valence-corrected chi connectivity index (χ0v) is 13.9. The van der Waals surface area contributed by atoms with Gasteiger partial charge in [-0.3, -0.25) is 4.79 Å². The van der Waals surface area contributed by atoms with E-state index in [2.05, 4.69) is 0 Å². The molecule has 0 radical (unpaired) electrons. The van der Waals surface area contributed by atoms with Crippen LogP contribution in [-0.2, 0) is 14.6 Å². The van der Waals surface area contributed by atoms with E-state index in [1.165, 1.54) is 12.1 Å².